The molecule has 2 nitrogen and oxygen atoms in total. The standard InChI is InChI=1S/C15H26O2/c1-12(2)14(15(16)17)11-7-6-10-13-8-4-3-5-9-13/h6-7,12-14H,3-5,8-11H2,1-2H3,(H,16,17)/b7-6+/t14-/m0/s1. The summed E-state index contributed by atoms with van der Waals surface area (Å²) in [5.41, 5.74) is 0. The fraction of sp³-hybridized carbons (Fsp3) is 0.800. The lowest BCUT2D eigenvalue weighted by atomic mass is 9.86. The molecule has 1 saturated carbocycles. The maximum Gasteiger partial charge on any atom is 0.307 e. The lowest BCUT2D eigenvalue weighted by molar-refractivity contribution is -0.143. The number of hydrogen-bond donors (Lipinski definition) is 1. The minimum absolute atomic E-state index is 0.215. The number of allylic oxidation sites excluding steroid dienone is 2. The van der Waals surface area contributed by atoms with Gasteiger partial charge in [0.25, 0.3) is 0 Å². The van der Waals surface area contributed by atoms with Crippen molar-refractivity contribution < 1.29 is 9.90 Å². The molecule has 1 aliphatic carbocycles. The third-order valence-electron chi connectivity index (χ3n) is 3.87. The predicted octanol–water partition coefficient (Wildman–Crippen LogP) is 4.26. The first-order chi connectivity index (χ1) is 8.11. The summed E-state index contributed by atoms with van der Waals surface area (Å²) in [7, 11) is 0. The summed E-state index contributed by atoms with van der Waals surface area (Å²) in [5.74, 6) is 0.175. The van der Waals surface area contributed by atoms with Gasteiger partial charge in [0.2, 0.25) is 0 Å². The van der Waals surface area contributed by atoms with Crippen LogP contribution in [0, 0.1) is 17.8 Å². The zero-order valence-corrected chi connectivity index (χ0v) is 11.2. The summed E-state index contributed by atoms with van der Waals surface area (Å²) in [6, 6.07) is 0. The molecule has 0 spiro atoms. The molecule has 0 heterocycles. The van der Waals surface area contributed by atoms with Crippen molar-refractivity contribution >= 4 is 5.97 Å². The molecular formula is C15H26O2. The first kappa shape index (κ1) is 14.3. The Bertz CT molecular complexity index is 250. The Hall–Kier alpha value is -0.790. The third-order valence-corrected chi connectivity index (χ3v) is 3.87. The van der Waals surface area contributed by atoms with Crippen LogP contribution in [-0.2, 0) is 4.79 Å². The number of carboxylic acid groups (broad SMARTS) is 1. The molecule has 0 bridgehead atoms. The Labute approximate surface area is 105 Å². The van der Waals surface area contributed by atoms with Gasteiger partial charge in [-0.25, -0.2) is 0 Å². The number of carboxylic acids is 1. The monoisotopic (exact) mass is 238 g/mol. The van der Waals surface area contributed by atoms with E-state index in [0.717, 1.165) is 12.3 Å². The van der Waals surface area contributed by atoms with E-state index in [1.807, 2.05) is 13.8 Å². The van der Waals surface area contributed by atoms with Crippen LogP contribution in [0.25, 0.3) is 0 Å². The highest BCUT2D eigenvalue weighted by atomic mass is 16.4. The van der Waals surface area contributed by atoms with E-state index in [1.165, 1.54) is 32.1 Å². The van der Waals surface area contributed by atoms with E-state index in [4.69, 9.17) is 5.11 Å². The SMILES string of the molecule is CC(C)[C@H](C/C=C/CC1CCCCC1)C(=O)O. The Balaban J connectivity index is 2.25. The van der Waals surface area contributed by atoms with Crippen LogP contribution in [-0.4, -0.2) is 11.1 Å². The number of carbonyl (C=O) groups is 1. The summed E-state index contributed by atoms with van der Waals surface area (Å²) in [4.78, 5) is 11.0. The van der Waals surface area contributed by atoms with Crippen LogP contribution >= 0.6 is 0 Å². The number of aliphatic carboxylic acids is 1. The van der Waals surface area contributed by atoms with E-state index < -0.39 is 5.97 Å². The van der Waals surface area contributed by atoms with Gasteiger partial charge < -0.3 is 5.11 Å². The average Bonchev–Trinajstić information content (AvgIpc) is 2.29. The molecule has 1 atom stereocenters. The first-order valence-electron chi connectivity index (χ1n) is 6.99. The predicted molar refractivity (Wildman–Crippen MR) is 70.9 cm³/mol. The van der Waals surface area contributed by atoms with Crippen molar-refractivity contribution in [3.05, 3.63) is 12.2 Å². The number of rotatable bonds is 6. The van der Waals surface area contributed by atoms with E-state index in [0.29, 0.717) is 6.42 Å². The van der Waals surface area contributed by atoms with Gasteiger partial charge in [-0.05, 0) is 24.7 Å². The molecule has 1 aliphatic rings. The lowest BCUT2D eigenvalue weighted by Gasteiger charge is -2.19. The van der Waals surface area contributed by atoms with Crippen molar-refractivity contribution in [2.24, 2.45) is 17.8 Å². The van der Waals surface area contributed by atoms with Crippen molar-refractivity contribution in [2.45, 2.75) is 58.8 Å². The molecule has 0 aliphatic heterocycles. The molecule has 2 heteroatoms. The summed E-state index contributed by atoms with van der Waals surface area (Å²) in [6.07, 6.45) is 13.0. The second kappa shape index (κ2) is 7.52. The molecule has 0 radical (unpaired) electrons. The second-order valence-electron chi connectivity index (χ2n) is 5.64. The molecular weight excluding hydrogens is 212 g/mol. The molecule has 1 fully saturated rings. The van der Waals surface area contributed by atoms with Crippen molar-refractivity contribution in [1.82, 2.24) is 0 Å². The normalized spacial score (nSPS) is 19.9. The lowest BCUT2D eigenvalue weighted by Crippen LogP contribution is -2.18. The molecule has 0 amide bonds. The molecule has 17 heavy (non-hydrogen) atoms. The third kappa shape index (κ3) is 5.38. The fourth-order valence-electron chi connectivity index (χ4n) is 2.61. The highest BCUT2D eigenvalue weighted by Gasteiger charge is 2.19. The van der Waals surface area contributed by atoms with Gasteiger partial charge in [0.05, 0.1) is 5.92 Å². The van der Waals surface area contributed by atoms with Crippen LogP contribution in [0.4, 0.5) is 0 Å². The highest BCUT2D eigenvalue weighted by Crippen LogP contribution is 2.26. The molecule has 0 unspecified atom stereocenters. The van der Waals surface area contributed by atoms with Crippen LogP contribution in [0.15, 0.2) is 12.2 Å². The summed E-state index contributed by atoms with van der Waals surface area (Å²) < 4.78 is 0. The molecule has 0 aromatic heterocycles. The Morgan fingerprint density at radius 3 is 2.41 bits per heavy atom. The van der Waals surface area contributed by atoms with Crippen LogP contribution in [0.2, 0.25) is 0 Å². The van der Waals surface area contributed by atoms with Crippen LogP contribution in [0.1, 0.15) is 58.8 Å². The van der Waals surface area contributed by atoms with Gasteiger partial charge in [-0.1, -0.05) is 58.1 Å². The second-order valence-corrected chi connectivity index (χ2v) is 5.64. The van der Waals surface area contributed by atoms with Gasteiger partial charge >= 0.3 is 5.97 Å². The summed E-state index contributed by atoms with van der Waals surface area (Å²) in [5, 5.41) is 9.06. The van der Waals surface area contributed by atoms with E-state index >= 15 is 0 Å². The van der Waals surface area contributed by atoms with Gasteiger partial charge in [-0.2, -0.15) is 0 Å². The van der Waals surface area contributed by atoms with Crippen molar-refractivity contribution in [3.63, 3.8) is 0 Å². The summed E-state index contributed by atoms with van der Waals surface area (Å²) >= 11 is 0. The number of hydrogen-bond acceptors (Lipinski definition) is 1. The zero-order valence-electron chi connectivity index (χ0n) is 11.2. The minimum Gasteiger partial charge on any atom is -0.481 e. The molecule has 1 rings (SSSR count). The first-order valence-corrected chi connectivity index (χ1v) is 6.99. The Morgan fingerprint density at radius 1 is 1.24 bits per heavy atom. The zero-order chi connectivity index (χ0) is 12.7. The molecule has 0 aromatic rings. The largest absolute Gasteiger partial charge is 0.481 e. The van der Waals surface area contributed by atoms with Crippen LogP contribution in [0.5, 0.6) is 0 Å². The van der Waals surface area contributed by atoms with Crippen molar-refractivity contribution in [2.75, 3.05) is 0 Å². The summed E-state index contributed by atoms with van der Waals surface area (Å²) in [6.45, 7) is 3.96. The topological polar surface area (TPSA) is 37.3 Å². The van der Waals surface area contributed by atoms with Crippen LogP contribution < -0.4 is 0 Å². The fourth-order valence-corrected chi connectivity index (χ4v) is 2.61. The van der Waals surface area contributed by atoms with Crippen molar-refractivity contribution in [1.29, 1.82) is 0 Å². The van der Waals surface area contributed by atoms with Gasteiger partial charge in [0.1, 0.15) is 0 Å². The maximum atomic E-state index is 11.0. The van der Waals surface area contributed by atoms with Gasteiger partial charge in [-0.3, -0.25) is 4.79 Å². The van der Waals surface area contributed by atoms with Gasteiger partial charge in [-0.15, -0.1) is 0 Å². The van der Waals surface area contributed by atoms with E-state index in [-0.39, 0.29) is 11.8 Å². The Kier molecular flexibility index (Phi) is 6.31. The van der Waals surface area contributed by atoms with Gasteiger partial charge in [0.15, 0.2) is 0 Å². The Morgan fingerprint density at radius 2 is 1.88 bits per heavy atom. The van der Waals surface area contributed by atoms with Crippen molar-refractivity contribution in [3.8, 4) is 0 Å². The van der Waals surface area contributed by atoms with Gasteiger partial charge in [0, 0.05) is 0 Å². The average molecular weight is 238 g/mol. The maximum absolute atomic E-state index is 11.0. The molecule has 0 aromatic carbocycles. The highest BCUT2D eigenvalue weighted by molar-refractivity contribution is 5.70. The van der Waals surface area contributed by atoms with E-state index in [9.17, 15) is 4.79 Å². The van der Waals surface area contributed by atoms with E-state index in [1.54, 1.807) is 0 Å². The van der Waals surface area contributed by atoms with E-state index in [2.05, 4.69) is 12.2 Å². The molecule has 1 N–H and O–H groups in total. The quantitative estimate of drug-likeness (QED) is 0.702. The van der Waals surface area contributed by atoms with Crippen LogP contribution in [0.3, 0.4) is 0 Å². The molecule has 98 valence electrons. The smallest absolute Gasteiger partial charge is 0.307 e. The molecule has 0 saturated heterocycles. The minimum atomic E-state index is -0.665.